The largest absolute Gasteiger partial charge is 0.480 e. The molecule has 0 spiro atoms. The highest BCUT2D eigenvalue weighted by Crippen LogP contribution is 2.01. The summed E-state index contributed by atoms with van der Waals surface area (Å²) in [4.78, 5) is 23.7. The Labute approximate surface area is 103 Å². The monoisotopic (exact) mass is 244 g/mol. The van der Waals surface area contributed by atoms with Crippen LogP contribution in [-0.4, -0.2) is 41.6 Å². The van der Waals surface area contributed by atoms with Gasteiger partial charge in [-0.1, -0.05) is 27.7 Å². The molecular weight excluding hydrogens is 220 g/mol. The molecule has 0 aromatic heterocycles. The number of carbonyl (C=O) groups is 2. The van der Waals surface area contributed by atoms with E-state index in [0.29, 0.717) is 19.0 Å². The fourth-order valence-corrected chi connectivity index (χ4v) is 1.40. The summed E-state index contributed by atoms with van der Waals surface area (Å²) in [6, 6.07) is -0.290. The molecule has 0 unspecified atom stereocenters. The molecule has 17 heavy (non-hydrogen) atoms. The van der Waals surface area contributed by atoms with Gasteiger partial charge >= 0.3 is 12.0 Å². The first kappa shape index (κ1) is 15.7. The highest BCUT2D eigenvalue weighted by Gasteiger charge is 2.17. The minimum absolute atomic E-state index is 0.244. The summed E-state index contributed by atoms with van der Waals surface area (Å²) in [6.45, 7) is 8.87. The summed E-state index contributed by atoms with van der Waals surface area (Å²) in [6.07, 6.45) is 0.897. The van der Waals surface area contributed by atoms with E-state index in [9.17, 15) is 9.59 Å². The molecule has 5 heteroatoms. The number of nitrogens with one attached hydrogen (secondary N) is 1. The van der Waals surface area contributed by atoms with Gasteiger partial charge in [0, 0.05) is 13.1 Å². The van der Waals surface area contributed by atoms with Gasteiger partial charge in [-0.25, -0.2) is 4.79 Å². The first-order chi connectivity index (χ1) is 7.82. The summed E-state index contributed by atoms with van der Waals surface area (Å²) in [5, 5.41) is 11.5. The number of carboxylic acids is 1. The molecule has 2 amide bonds. The molecule has 0 rings (SSSR count). The Morgan fingerprint density at radius 3 is 2.18 bits per heavy atom. The van der Waals surface area contributed by atoms with Gasteiger partial charge in [0.2, 0.25) is 0 Å². The summed E-state index contributed by atoms with van der Waals surface area (Å²) < 4.78 is 0. The van der Waals surface area contributed by atoms with Crippen molar-refractivity contribution in [1.82, 2.24) is 10.2 Å². The van der Waals surface area contributed by atoms with E-state index in [2.05, 4.69) is 19.2 Å². The lowest BCUT2D eigenvalue weighted by molar-refractivity contribution is -0.137. The average molecular weight is 244 g/mol. The zero-order chi connectivity index (χ0) is 13.4. The van der Waals surface area contributed by atoms with Crippen LogP contribution in [0.5, 0.6) is 0 Å². The molecule has 0 fully saturated rings. The number of urea groups is 1. The van der Waals surface area contributed by atoms with Gasteiger partial charge in [-0.15, -0.1) is 0 Å². The van der Waals surface area contributed by atoms with Gasteiger partial charge in [-0.05, 0) is 18.3 Å². The minimum atomic E-state index is -0.982. The van der Waals surface area contributed by atoms with Crippen LogP contribution in [0.3, 0.4) is 0 Å². The van der Waals surface area contributed by atoms with Gasteiger partial charge in [0.1, 0.15) is 6.54 Å². The van der Waals surface area contributed by atoms with E-state index in [0.717, 1.165) is 6.42 Å². The fourth-order valence-electron chi connectivity index (χ4n) is 1.40. The second kappa shape index (κ2) is 7.92. The molecule has 0 heterocycles. The van der Waals surface area contributed by atoms with Crippen molar-refractivity contribution < 1.29 is 14.7 Å². The summed E-state index contributed by atoms with van der Waals surface area (Å²) in [5.74, 6) is -0.205. The van der Waals surface area contributed by atoms with Crippen molar-refractivity contribution in [2.75, 3.05) is 19.6 Å². The summed E-state index contributed by atoms with van der Waals surface area (Å²) in [7, 11) is 0. The Morgan fingerprint density at radius 1 is 1.18 bits per heavy atom. The van der Waals surface area contributed by atoms with Crippen molar-refractivity contribution in [3.8, 4) is 0 Å². The predicted octanol–water partition coefficient (Wildman–Crippen LogP) is 1.78. The molecular formula is C12H24N2O3. The van der Waals surface area contributed by atoms with Crippen molar-refractivity contribution >= 4 is 12.0 Å². The van der Waals surface area contributed by atoms with Crippen LogP contribution < -0.4 is 5.32 Å². The molecule has 2 N–H and O–H groups in total. The molecule has 0 saturated carbocycles. The van der Waals surface area contributed by atoms with E-state index in [4.69, 9.17) is 5.11 Å². The molecule has 0 aliphatic rings. The van der Waals surface area contributed by atoms with Crippen LogP contribution in [0.2, 0.25) is 0 Å². The minimum Gasteiger partial charge on any atom is -0.480 e. The topological polar surface area (TPSA) is 69.6 Å². The van der Waals surface area contributed by atoms with Crippen LogP contribution in [0.15, 0.2) is 0 Å². The maximum Gasteiger partial charge on any atom is 0.323 e. The van der Waals surface area contributed by atoms with E-state index < -0.39 is 5.97 Å². The summed E-state index contributed by atoms with van der Waals surface area (Å²) in [5.41, 5.74) is 0. The van der Waals surface area contributed by atoms with Crippen LogP contribution in [0.4, 0.5) is 4.79 Å². The molecule has 0 bridgehead atoms. The van der Waals surface area contributed by atoms with E-state index in [1.54, 1.807) is 0 Å². The number of nitrogens with zero attached hydrogens (tertiary/aromatic N) is 1. The normalized spacial score (nSPS) is 10.7. The van der Waals surface area contributed by atoms with Crippen LogP contribution >= 0.6 is 0 Å². The van der Waals surface area contributed by atoms with E-state index in [1.165, 1.54) is 4.90 Å². The Balaban J connectivity index is 4.17. The van der Waals surface area contributed by atoms with Crippen molar-refractivity contribution in [3.05, 3.63) is 0 Å². The molecule has 100 valence electrons. The molecule has 0 radical (unpaired) electrons. The third-order valence-corrected chi connectivity index (χ3v) is 2.20. The molecule has 0 aromatic rings. The van der Waals surface area contributed by atoms with Crippen molar-refractivity contribution in [2.45, 2.75) is 34.1 Å². The van der Waals surface area contributed by atoms with Crippen LogP contribution in [0.1, 0.15) is 34.1 Å². The number of carbonyl (C=O) groups excluding carboxylic acids is 1. The number of hydrogen-bond acceptors (Lipinski definition) is 2. The predicted molar refractivity (Wildman–Crippen MR) is 66.9 cm³/mol. The molecule has 5 nitrogen and oxygen atoms in total. The van der Waals surface area contributed by atoms with E-state index in [-0.39, 0.29) is 18.5 Å². The number of rotatable bonds is 7. The number of hydrogen-bond donors (Lipinski definition) is 2. The zero-order valence-corrected chi connectivity index (χ0v) is 11.2. The van der Waals surface area contributed by atoms with Gasteiger partial charge in [-0.3, -0.25) is 4.79 Å². The molecule has 0 aliphatic carbocycles. The highest BCUT2D eigenvalue weighted by molar-refractivity contribution is 5.80. The molecule has 0 aromatic carbocycles. The third-order valence-electron chi connectivity index (χ3n) is 2.20. The number of amides is 2. The Bertz CT molecular complexity index is 252. The van der Waals surface area contributed by atoms with Crippen molar-refractivity contribution in [2.24, 2.45) is 11.8 Å². The maximum atomic E-state index is 11.7. The van der Waals surface area contributed by atoms with Crippen LogP contribution in [0.25, 0.3) is 0 Å². The van der Waals surface area contributed by atoms with Crippen molar-refractivity contribution in [3.63, 3.8) is 0 Å². The fraction of sp³-hybridized carbons (Fsp3) is 0.833. The SMILES string of the molecule is CC(C)CCNC(=O)N(CC(=O)O)CC(C)C. The van der Waals surface area contributed by atoms with Gasteiger partial charge in [0.25, 0.3) is 0 Å². The number of carboxylic acid groups (broad SMARTS) is 1. The maximum absolute atomic E-state index is 11.7. The van der Waals surface area contributed by atoms with Crippen LogP contribution in [-0.2, 0) is 4.79 Å². The van der Waals surface area contributed by atoms with E-state index in [1.807, 2.05) is 13.8 Å². The van der Waals surface area contributed by atoms with Gasteiger partial charge in [0.05, 0.1) is 0 Å². The van der Waals surface area contributed by atoms with E-state index >= 15 is 0 Å². The Morgan fingerprint density at radius 2 is 1.76 bits per heavy atom. The quantitative estimate of drug-likeness (QED) is 0.717. The van der Waals surface area contributed by atoms with Gasteiger partial charge in [-0.2, -0.15) is 0 Å². The number of aliphatic carboxylic acids is 1. The first-order valence-electron chi connectivity index (χ1n) is 6.07. The average Bonchev–Trinajstić information content (AvgIpc) is 2.14. The van der Waals surface area contributed by atoms with Gasteiger partial charge in [0.15, 0.2) is 0 Å². The second-order valence-corrected chi connectivity index (χ2v) is 5.08. The van der Waals surface area contributed by atoms with Crippen LogP contribution in [0, 0.1) is 11.8 Å². The first-order valence-corrected chi connectivity index (χ1v) is 6.07. The third kappa shape index (κ3) is 8.54. The molecule has 0 saturated heterocycles. The summed E-state index contributed by atoms with van der Waals surface area (Å²) >= 11 is 0. The smallest absolute Gasteiger partial charge is 0.323 e. The zero-order valence-electron chi connectivity index (χ0n) is 11.2. The molecule has 0 aliphatic heterocycles. The highest BCUT2D eigenvalue weighted by atomic mass is 16.4. The lowest BCUT2D eigenvalue weighted by atomic mass is 10.1. The Kier molecular flexibility index (Phi) is 7.34. The Hall–Kier alpha value is -1.26. The molecule has 0 atom stereocenters. The second-order valence-electron chi connectivity index (χ2n) is 5.08. The standard InChI is InChI=1S/C12H24N2O3/c1-9(2)5-6-13-12(17)14(7-10(3)4)8-11(15)16/h9-10H,5-8H2,1-4H3,(H,13,17)(H,15,16). The van der Waals surface area contributed by atoms with Gasteiger partial charge < -0.3 is 15.3 Å². The lowest BCUT2D eigenvalue weighted by Crippen LogP contribution is -2.44. The lowest BCUT2D eigenvalue weighted by Gasteiger charge is -2.23. The van der Waals surface area contributed by atoms with Crippen molar-refractivity contribution in [1.29, 1.82) is 0 Å².